The van der Waals surface area contributed by atoms with Crippen molar-refractivity contribution in [3.8, 4) is 5.75 Å². The number of aromatic nitrogens is 2. The van der Waals surface area contributed by atoms with E-state index >= 15 is 0 Å². The van der Waals surface area contributed by atoms with Crippen LogP contribution in [0.3, 0.4) is 0 Å². The van der Waals surface area contributed by atoms with Crippen molar-refractivity contribution in [3.05, 3.63) is 52.1 Å². The number of nitro groups is 1. The Morgan fingerprint density at radius 3 is 2.94 bits per heavy atom. The van der Waals surface area contributed by atoms with Crippen LogP contribution < -0.4 is 4.74 Å². The van der Waals surface area contributed by atoms with Crippen LogP contribution in [0.15, 0.2) is 30.6 Å². The average Bonchev–Trinajstić information content (AvgIpc) is 2.73. The van der Waals surface area contributed by atoms with Gasteiger partial charge in [-0.2, -0.15) is 5.10 Å². The van der Waals surface area contributed by atoms with E-state index in [4.69, 9.17) is 4.74 Å². The van der Waals surface area contributed by atoms with Crippen molar-refractivity contribution in [2.45, 2.75) is 6.61 Å². The molecule has 0 atom stereocenters. The number of aryl methyl sites for hydroxylation is 1. The van der Waals surface area contributed by atoms with Crippen LogP contribution in [0, 0.1) is 15.9 Å². The Bertz CT molecular complexity index is 583. The van der Waals surface area contributed by atoms with Crippen LogP contribution in [0.25, 0.3) is 0 Å². The summed E-state index contributed by atoms with van der Waals surface area (Å²) in [6.45, 7) is 0.139. The van der Waals surface area contributed by atoms with Crippen molar-refractivity contribution >= 4 is 5.69 Å². The van der Waals surface area contributed by atoms with E-state index in [-0.39, 0.29) is 18.0 Å². The molecule has 0 amide bonds. The molecule has 0 bridgehead atoms. The van der Waals surface area contributed by atoms with Crippen molar-refractivity contribution in [2.75, 3.05) is 0 Å². The molecule has 0 aliphatic carbocycles. The maximum absolute atomic E-state index is 12.9. The number of nitrogens with zero attached hydrogens (tertiary/aromatic N) is 3. The highest BCUT2D eigenvalue weighted by molar-refractivity contribution is 5.46. The molecule has 0 fully saturated rings. The van der Waals surface area contributed by atoms with E-state index in [9.17, 15) is 14.5 Å². The highest BCUT2D eigenvalue weighted by Crippen LogP contribution is 2.28. The fourth-order valence-electron chi connectivity index (χ4n) is 1.46. The number of nitro benzene ring substituents is 1. The topological polar surface area (TPSA) is 70.2 Å². The minimum atomic E-state index is -0.679. The van der Waals surface area contributed by atoms with Gasteiger partial charge in [0.2, 0.25) is 0 Å². The maximum Gasteiger partial charge on any atom is 0.313 e. The minimum absolute atomic E-state index is 0.0326. The predicted molar refractivity (Wildman–Crippen MR) is 60.6 cm³/mol. The Kier molecular flexibility index (Phi) is 3.22. The van der Waals surface area contributed by atoms with Gasteiger partial charge in [0.1, 0.15) is 12.4 Å². The summed E-state index contributed by atoms with van der Waals surface area (Å²) in [5, 5.41) is 14.7. The third-order valence-corrected chi connectivity index (χ3v) is 2.27. The van der Waals surface area contributed by atoms with Crippen LogP contribution in [0.2, 0.25) is 0 Å². The van der Waals surface area contributed by atoms with Crippen molar-refractivity contribution in [2.24, 2.45) is 7.05 Å². The van der Waals surface area contributed by atoms with E-state index in [0.717, 1.165) is 17.7 Å². The minimum Gasteiger partial charge on any atom is -0.482 e. The Hall–Kier alpha value is -2.44. The molecule has 0 aliphatic rings. The standard InChI is InChI=1S/C11H10FN3O3/c1-14-6-8(5-13-14)7-18-11-3-2-9(12)4-10(11)15(16)17/h2-6H,7H2,1H3. The summed E-state index contributed by atoms with van der Waals surface area (Å²) in [5.41, 5.74) is 0.384. The molecule has 0 saturated carbocycles. The fourth-order valence-corrected chi connectivity index (χ4v) is 1.46. The van der Waals surface area contributed by atoms with E-state index in [0.29, 0.717) is 0 Å². The number of hydrogen-bond acceptors (Lipinski definition) is 4. The number of benzene rings is 1. The molecule has 0 unspecified atom stereocenters. The zero-order valence-electron chi connectivity index (χ0n) is 9.54. The molecule has 0 N–H and O–H groups in total. The Morgan fingerprint density at radius 2 is 2.33 bits per heavy atom. The van der Waals surface area contributed by atoms with E-state index in [1.807, 2.05) is 0 Å². The molecule has 18 heavy (non-hydrogen) atoms. The largest absolute Gasteiger partial charge is 0.482 e. The zero-order valence-corrected chi connectivity index (χ0v) is 9.54. The maximum atomic E-state index is 12.9. The molecule has 6 nitrogen and oxygen atoms in total. The molecule has 2 rings (SSSR count). The van der Waals surface area contributed by atoms with E-state index in [2.05, 4.69) is 5.10 Å². The summed E-state index contributed by atoms with van der Waals surface area (Å²) >= 11 is 0. The number of ether oxygens (including phenoxy) is 1. The van der Waals surface area contributed by atoms with Crippen molar-refractivity contribution in [1.29, 1.82) is 0 Å². The van der Waals surface area contributed by atoms with E-state index < -0.39 is 10.7 Å². The fraction of sp³-hybridized carbons (Fsp3) is 0.182. The molecule has 7 heteroatoms. The Morgan fingerprint density at radius 1 is 1.56 bits per heavy atom. The van der Waals surface area contributed by atoms with Crippen LogP contribution in [0.1, 0.15) is 5.56 Å². The monoisotopic (exact) mass is 251 g/mol. The third kappa shape index (κ3) is 2.62. The first-order valence-electron chi connectivity index (χ1n) is 5.10. The molecule has 0 radical (unpaired) electrons. The molecule has 94 valence electrons. The van der Waals surface area contributed by atoms with Gasteiger partial charge in [0.05, 0.1) is 17.2 Å². The highest BCUT2D eigenvalue weighted by atomic mass is 19.1. The summed E-state index contributed by atoms with van der Waals surface area (Å²) in [6, 6.07) is 3.19. The van der Waals surface area contributed by atoms with Crippen molar-refractivity contribution < 1.29 is 14.1 Å². The molecular formula is C11H10FN3O3. The first-order chi connectivity index (χ1) is 8.56. The highest BCUT2D eigenvalue weighted by Gasteiger charge is 2.16. The lowest BCUT2D eigenvalue weighted by molar-refractivity contribution is -0.386. The van der Waals surface area contributed by atoms with Crippen LogP contribution in [-0.2, 0) is 13.7 Å². The molecule has 2 aromatic rings. The van der Waals surface area contributed by atoms with Gasteiger partial charge in [-0.1, -0.05) is 0 Å². The molecule has 0 spiro atoms. The van der Waals surface area contributed by atoms with Crippen LogP contribution in [-0.4, -0.2) is 14.7 Å². The van der Waals surface area contributed by atoms with Crippen LogP contribution in [0.4, 0.5) is 10.1 Å². The summed E-state index contributed by atoms with van der Waals surface area (Å²) in [5.74, 6) is -0.638. The lowest BCUT2D eigenvalue weighted by Crippen LogP contribution is -1.99. The number of halogens is 1. The first kappa shape index (κ1) is 12.0. The average molecular weight is 251 g/mol. The van der Waals surface area contributed by atoms with Gasteiger partial charge in [-0.05, 0) is 12.1 Å². The van der Waals surface area contributed by atoms with Gasteiger partial charge in [0.15, 0.2) is 5.75 Å². The third-order valence-electron chi connectivity index (χ3n) is 2.27. The second kappa shape index (κ2) is 4.82. The SMILES string of the molecule is Cn1cc(COc2ccc(F)cc2[N+](=O)[O-])cn1. The normalized spacial score (nSPS) is 10.3. The summed E-state index contributed by atoms with van der Waals surface area (Å²) < 4.78 is 19.8. The van der Waals surface area contributed by atoms with Crippen LogP contribution >= 0.6 is 0 Å². The molecule has 0 aliphatic heterocycles. The van der Waals surface area contributed by atoms with Gasteiger partial charge in [0.25, 0.3) is 0 Å². The molecular weight excluding hydrogens is 241 g/mol. The van der Waals surface area contributed by atoms with Gasteiger partial charge < -0.3 is 4.74 Å². The van der Waals surface area contributed by atoms with Gasteiger partial charge in [-0.3, -0.25) is 14.8 Å². The predicted octanol–water partition coefficient (Wildman–Crippen LogP) is 2.05. The summed E-state index contributed by atoms with van der Waals surface area (Å²) in [6.07, 6.45) is 3.32. The molecule has 1 heterocycles. The number of hydrogen-bond donors (Lipinski definition) is 0. The second-order valence-corrected chi connectivity index (χ2v) is 3.68. The Labute approximate surface area is 102 Å². The van der Waals surface area contributed by atoms with Gasteiger partial charge in [-0.25, -0.2) is 4.39 Å². The van der Waals surface area contributed by atoms with E-state index in [1.165, 1.54) is 6.07 Å². The first-order valence-corrected chi connectivity index (χ1v) is 5.10. The summed E-state index contributed by atoms with van der Waals surface area (Å²) in [7, 11) is 1.75. The molecule has 1 aromatic carbocycles. The zero-order chi connectivity index (χ0) is 13.1. The van der Waals surface area contributed by atoms with Gasteiger partial charge in [0, 0.05) is 18.8 Å². The van der Waals surface area contributed by atoms with Gasteiger partial charge in [-0.15, -0.1) is 0 Å². The Balaban J connectivity index is 2.16. The summed E-state index contributed by atoms with van der Waals surface area (Å²) in [4.78, 5) is 10.1. The van der Waals surface area contributed by atoms with Crippen molar-refractivity contribution in [1.82, 2.24) is 9.78 Å². The molecule has 1 aromatic heterocycles. The number of rotatable bonds is 4. The molecule has 0 saturated heterocycles. The lowest BCUT2D eigenvalue weighted by atomic mass is 10.3. The second-order valence-electron chi connectivity index (χ2n) is 3.68. The van der Waals surface area contributed by atoms with E-state index in [1.54, 1.807) is 24.1 Å². The smallest absolute Gasteiger partial charge is 0.313 e. The van der Waals surface area contributed by atoms with Gasteiger partial charge >= 0.3 is 5.69 Å². The van der Waals surface area contributed by atoms with Crippen molar-refractivity contribution in [3.63, 3.8) is 0 Å². The lowest BCUT2D eigenvalue weighted by Gasteiger charge is -2.05. The van der Waals surface area contributed by atoms with Crippen LogP contribution in [0.5, 0.6) is 5.75 Å². The quantitative estimate of drug-likeness (QED) is 0.616.